The molecule has 5 aliphatic rings. The first-order valence-corrected chi connectivity index (χ1v) is 19.6. The normalized spacial score (nSPS) is 23.3. The maximum atomic E-state index is 5.24. The molecule has 0 saturated heterocycles. The molecular formula is C50H38N4. The lowest BCUT2D eigenvalue weighted by Crippen LogP contribution is -2.55. The highest BCUT2D eigenvalue weighted by Crippen LogP contribution is 2.70. The summed E-state index contributed by atoms with van der Waals surface area (Å²) < 4.78 is 0. The van der Waals surface area contributed by atoms with E-state index >= 15 is 0 Å². The SMILES string of the molecule is c1ccc(-c2nc(-c3ccc(-c4cccc5cccnc45)cc3)nc(-c3ccc4c(c3)-c3c(ccc5ccccc35)C43C4CC5CC(C4)CC3C5)n2)cc1. The third-order valence-electron chi connectivity index (χ3n) is 13.5. The largest absolute Gasteiger partial charge is 0.256 e. The van der Waals surface area contributed by atoms with Gasteiger partial charge in [0.05, 0.1) is 5.52 Å². The standard InChI is InChI=1S/C50H38N4/c1-2-9-35(10-3-1)47-52-48(36-17-15-33(16-18-36)41-14-6-11-34-12-7-23-51-46(34)41)54-49(53-47)37-20-21-43-42(29-37)45-40-13-5-4-8-32(40)19-22-44(45)50(43)38-25-30-24-31(27-38)28-39(50)26-30/h1-23,29-31,38-39H,24-28H2. The maximum Gasteiger partial charge on any atom is 0.164 e. The Hall–Kier alpha value is -6.00. The van der Waals surface area contributed by atoms with E-state index < -0.39 is 0 Å². The predicted molar refractivity (Wildman–Crippen MR) is 218 cm³/mol. The minimum atomic E-state index is 0.0987. The van der Waals surface area contributed by atoms with Gasteiger partial charge in [0.2, 0.25) is 0 Å². The fourth-order valence-electron chi connectivity index (χ4n) is 11.6. The number of benzene rings is 6. The van der Waals surface area contributed by atoms with Crippen molar-refractivity contribution in [1.82, 2.24) is 19.9 Å². The summed E-state index contributed by atoms with van der Waals surface area (Å²) in [5, 5.41) is 3.81. The molecule has 4 saturated carbocycles. The second-order valence-electron chi connectivity index (χ2n) is 16.3. The first-order chi connectivity index (χ1) is 26.7. The van der Waals surface area contributed by atoms with Crippen molar-refractivity contribution in [2.24, 2.45) is 23.7 Å². The van der Waals surface area contributed by atoms with Gasteiger partial charge in [0.25, 0.3) is 0 Å². The van der Waals surface area contributed by atoms with Crippen LogP contribution >= 0.6 is 0 Å². The number of hydrogen-bond acceptors (Lipinski definition) is 4. The Morgan fingerprint density at radius 2 is 1.06 bits per heavy atom. The zero-order valence-electron chi connectivity index (χ0n) is 30.0. The van der Waals surface area contributed by atoms with Crippen molar-refractivity contribution in [2.75, 3.05) is 0 Å². The smallest absolute Gasteiger partial charge is 0.164 e. The second kappa shape index (κ2) is 11.5. The quantitative estimate of drug-likeness (QED) is 0.184. The van der Waals surface area contributed by atoms with Crippen LogP contribution < -0.4 is 0 Å². The Morgan fingerprint density at radius 1 is 0.444 bits per heavy atom. The van der Waals surface area contributed by atoms with Gasteiger partial charge < -0.3 is 0 Å². The number of pyridine rings is 1. The molecule has 0 aliphatic heterocycles. The third-order valence-corrected chi connectivity index (χ3v) is 13.5. The lowest BCUT2D eigenvalue weighted by molar-refractivity contribution is -0.0399. The third kappa shape index (κ3) is 4.37. The van der Waals surface area contributed by atoms with Gasteiger partial charge in [0.15, 0.2) is 17.5 Å². The number of nitrogens with zero attached hydrogens (tertiary/aromatic N) is 4. The molecule has 8 aromatic rings. The summed E-state index contributed by atoms with van der Waals surface area (Å²) >= 11 is 0. The topological polar surface area (TPSA) is 51.6 Å². The predicted octanol–water partition coefficient (Wildman–Crippen LogP) is 12.0. The molecule has 4 fully saturated rings. The zero-order valence-corrected chi connectivity index (χ0v) is 30.0. The summed E-state index contributed by atoms with van der Waals surface area (Å²) in [7, 11) is 0. The molecule has 4 nitrogen and oxygen atoms in total. The molecule has 0 atom stereocenters. The van der Waals surface area contributed by atoms with Gasteiger partial charge >= 0.3 is 0 Å². The van der Waals surface area contributed by atoms with Gasteiger partial charge in [0.1, 0.15) is 0 Å². The molecule has 2 aromatic heterocycles. The molecule has 5 aliphatic carbocycles. The number of fused-ring (bicyclic) bond motifs is 6. The van der Waals surface area contributed by atoms with Crippen LogP contribution in [0.4, 0.5) is 0 Å². The first-order valence-electron chi connectivity index (χ1n) is 19.6. The van der Waals surface area contributed by atoms with Crippen LogP contribution in [-0.4, -0.2) is 19.9 Å². The summed E-state index contributed by atoms with van der Waals surface area (Å²) in [4.78, 5) is 20.2. The lowest BCUT2D eigenvalue weighted by atomic mass is 9.43. The lowest BCUT2D eigenvalue weighted by Gasteiger charge is -2.61. The minimum Gasteiger partial charge on any atom is -0.256 e. The van der Waals surface area contributed by atoms with E-state index in [1.165, 1.54) is 54.0 Å². The van der Waals surface area contributed by atoms with Crippen LogP contribution in [0.2, 0.25) is 0 Å². The van der Waals surface area contributed by atoms with Crippen molar-refractivity contribution in [3.8, 4) is 56.4 Å². The summed E-state index contributed by atoms with van der Waals surface area (Å²) in [6.45, 7) is 0. The van der Waals surface area contributed by atoms with Crippen molar-refractivity contribution in [1.29, 1.82) is 0 Å². The molecule has 6 aromatic carbocycles. The molecule has 258 valence electrons. The number of aromatic nitrogens is 4. The van der Waals surface area contributed by atoms with Crippen molar-refractivity contribution in [3.05, 3.63) is 157 Å². The number of rotatable bonds is 4. The first kappa shape index (κ1) is 30.5. The fourth-order valence-corrected chi connectivity index (χ4v) is 11.6. The number of hydrogen-bond donors (Lipinski definition) is 0. The van der Waals surface area contributed by atoms with Gasteiger partial charge in [-0.05, 0) is 106 Å². The molecular weight excluding hydrogens is 657 g/mol. The van der Waals surface area contributed by atoms with Gasteiger partial charge in [0, 0.05) is 39.3 Å². The Balaban J connectivity index is 1.02. The van der Waals surface area contributed by atoms with E-state index in [4.69, 9.17) is 19.9 Å². The van der Waals surface area contributed by atoms with Gasteiger partial charge in [-0.2, -0.15) is 0 Å². The Morgan fingerprint density at radius 3 is 1.83 bits per heavy atom. The fraction of sp³-hybridized carbons (Fsp3) is 0.200. The van der Waals surface area contributed by atoms with E-state index in [9.17, 15) is 0 Å². The van der Waals surface area contributed by atoms with Gasteiger partial charge in [-0.1, -0.05) is 127 Å². The summed E-state index contributed by atoms with van der Waals surface area (Å²) in [5.41, 5.74) is 12.2. The molecule has 4 heteroatoms. The van der Waals surface area contributed by atoms with Crippen LogP contribution in [0.5, 0.6) is 0 Å². The van der Waals surface area contributed by atoms with Crippen molar-refractivity contribution in [2.45, 2.75) is 37.5 Å². The Kier molecular flexibility index (Phi) is 6.49. The average Bonchev–Trinajstić information content (AvgIpc) is 3.53. The molecule has 0 N–H and O–H groups in total. The van der Waals surface area contributed by atoms with E-state index in [1.807, 2.05) is 30.5 Å². The molecule has 13 rings (SSSR count). The molecule has 0 unspecified atom stereocenters. The molecule has 54 heavy (non-hydrogen) atoms. The highest BCUT2D eigenvalue weighted by Gasteiger charge is 2.61. The van der Waals surface area contributed by atoms with E-state index in [2.05, 4.69) is 115 Å². The Labute approximate surface area is 315 Å². The van der Waals surface area contributed by atoms with Crippen LogP contribution in [-0.2, 0) is 5.41 Å². The summed E-state index contributed by atoms with van der Waals surface area (Å²) in [6.07, 6.45) is 8.79. The monoisotopic (exact) mass is 694 g/mol. The zero-order chi connectivity index (χ0) is 35.4. The van der Waals surface area contributed by atoms with E-state index in [0.29, 0.717) is 29.3 Å². The number of para-hydroxylation sites is 1. The van der Waals surface area contributed by atoms with Crippen LogP contribution in [0.3, 0.4) is 0 Å². The highest BCUT2D eigenvalue weighted by molar-refractivity contribution is 6.03. The summed E-state index contributed by atoms with van der Waals surface area (Å²) in [5.74, 6) is 5.29. The maximum absolute atomic E-state index is 5.24. The van der Waals surface area contributed by atoms with Crippen LogP contribution in [0.25, 0.3) is 78.1 Å². The minimum absolute atomic E-state index is 0.0987. The molecule has 0 radical (unpaired) electrons. The summed E-state index contributed by atoms with van der Waals surface area (Å²) in [6, 6.07) is 50.4. The van der Waals surface area contributed by atoms with Gasteiger partial charge in [-0.25, -0.2) is 15.0 Å². The molecule has 2 heterocycles. The van der Waals surface area contributed by atoms with Crippen LogP contribution in [0, 0.1) is 23.7 Å². The van der Waals surface area contributed by atoms with E-state index in [1.54, 1.807) is 11.1 Å². The van der Waals surface area contributed by atoms with E-state index in [0.717, 1.165) is 50.6 Å². The average molecular weight is 695 g/mol. The van der Waals surface area contributed by atoms with Crippen LogP contribution in [0.1, 0.15) is 43.2 Å². The Bertz CT molecular complexity index is 2750. The van der Waals surface area contributed by atoms with Gasteiger partial charge in [-0.15, -0.1) is 0 Å². The van der Waals surface area contributed by atoms with Gasteiger partial charge in [-0.3, -0.25) is 4.98 Å². The highest BCUT2D eigenvalue weighted by atomic mass is 15.0. The molecule has 1 spiro atoms. The van der Waals surface area contributed by atoms with Crippen LogP contribution in [0.15, 0.2) is 146 Å². The molecule has 4 bridgehead atoms. The second-order valence-corrected chi connectivity index (χ2v) is 16.3. The molecule has 0 amide bonds. The van der Waals surface area contributed by atoms with Crippen molar-refractivity contribution < 1.29 is 0 Å². The van der Waals surface area contributed by atoms with Crippen molar-refractivity contribution >= 4 is 21.7 Å². The van der Waals surface area contributed by atoms with E-state index in [-0.39, 0.29) is 5.41 Å². The van der Waals surface area contributed by atoms with Crippen molar-refractivity contribution in [3.63, 3.8) is 0 Å².